The van der Waals surface area contributed by atoms with Gasteiger partial charge in [0.25, 0.3) is 11.5 Å². The van der Waals surface area contributed by atoms with E-state index in [-0.39, 0.29) is 27.9 Å². The number of aliphatic hydroxyl groups is 1. The van der Waals surface area contributed by atoms with Crippen molar-refractivity contribution in [3.05, 3.63) is 75.5 Å². The molecule has 1 saturated heterocycles. The van der Waals surface area contributed by atoms with Gasteiger partial charge in [0.2, 0.25) is 5.91 Å². The maximum Gasteiger partial charge on any atom is 0.272 e. The lowest BCUT2D eigenvalue weighted by atomic mass is 9.44. The maximum atomic E-state index is 15.0. The summed E-state index contributed by atoms with van der Waals surface area (Å²) in [5.41, 5.74) is 0.375. The summed E-state index contributed by atoms with van der Waals surface area (Å²) in [6.07, 6.45) is 10.7. The zero-order chi connectivity index (χ0) is 37.1. The summed E-state index contributed by atoms with van der Waals surface area (Å²) in [4.78, 5) is 54.8. The number of Topliss-reactive ketones (excluding diaryl/α,β-unsaturated/α-hetero) is 1. The molecule has 2 amide bonds. The van der Waals surface area contributed by atoms with Crippen LogP contribution >= 0.6 is 0 Å². The number of ketones is 1. The number of piperazine rings is 1. The average molecular weight is 725 g/mol. The van der Waals surface area contributed by atoms with E-state index < -0.39 is 17.3 Å². The van der Waals surface area contributed by atoms with Crippen LogP contribution in [0.5, 0.6) is 0 Å². The second-order valence-corrected chi connectivity index (χ2v) is 17.5. The molecule has 282 valence electrons. The van der Waals surface area contributed by atoms with E-state index in [4.69, 9.17) is 0 Å². The Morgan fingerprint density at radius 2 is 1.66 bits per heavy atom. The molecule has 7 atom stereocenters. The molecule has 5 fully saturated rings. The number of aromatic amines is 1. The Bertz CT molecular complexity index is 1990. The van der Waals surface area contributed by atoms with Crippen molar-refractivity contribution in [1.29, 1.82) is 0 Å². The molecule has 8 rings (SSSR count). The lowest BCUT2D eigenvalue weighted by Crippen LogP contribution is -2.56. The summed E-state index contributed by atoms with van der Waals surface area (Å²) in [5, 5.41) is 20.2. The van der Waals surface area contributed by atoms with Gasteiger partial charge in [-0.15, -0.1) is 0 Å². The molecular weight excluding hydrogens is 671 g/mol. The Kier molecular flexibility index (Phi) is 9.35. The third-order valence-corrected chi connectivity index (χ3v) is 15.1. The summed E-state index contributed by atoms with van der Waals surface area (Å²) >= 11 is 0. The Balaban J connectivity index is 0.844. The highest BCUT2D eigenvalue weighted by Gasteiger charge is 2.64. The van der Waals surface area contributed by atoms with Crippen LogP contribution in [0.2, 0.25) is 0 Å². The topological polar surface area (TPSA) is 124 Å². The Morgan fingerprint density at radius 1 is 0.925 bits per heavy atom. The van der Waals surface area contributed by atoms with E-state index in [0.717, 1.165) is 51.4 Å². The normalized spacial score (nSPS) is 32.6. The fourth-order valence-electron chi connectivity index (χ4n) is 11.9. The highest BCUT2D eigenvalue weighted by molar-refractivity contribution is 5.95. The summed E-state index contributed by atoms with van der Waals surface area (Å²) in [6, 6.07) is 11.7. The number of fused-ring (bicyclic) bond motifs is 6. The molecule has 53 heavy (non-hydrogen) atoms. The molecule has 5 aliphatic rings. The largest absolute Gasteiger partial charge is 0.389 e. The van der Waals surface area contributed by atoms with Crippen molar-refractivity contribution in [3.8, 4) is 0 Å². The number of carbonyl (C=O) groups is 3. The standard InChI is InChI=1S/C43H53FN4O5/c1-41-17-13-29(49)26-28(41)10-11-32-34(41)14-18-42(2)35(32)15-19-43(42,53)16-5-8-38(50)47-20-22-48(23-21-47)40(52)33-24-27(9-12-36(33)44)25-37-30-6-3-4-7-31(30)39(51)46-45-37/h3-4,6-7,9,12,24,28,32,34-35,53H,5,8,10-11,13-23,25-26H2,1-2H3,(H,46,51)/t28-,32+,34-,35-,41-,42-,43-/m1/s1. The van der Waals surface area contributed by atoms with Gasteiger partial charge >= 0.3 is 0 Å². The number of nitrogens with zero attached hydrogens (tertiary/aromatic N) is 3. The third kappa shape index (κ3) is 6.22. The van der Waals surface area contributed by atoms with Gasteiger partial charge in [0.15, 0.2) is 0 Å². The zero-order valence-electron chi connectivity index (χ0n) is 31.2. The molecule has 1 aliphatic heterocycles. The number of halogens is 1. The van der Waals surface area contributed by atoms with E-state index in [1.807, 2.05) is 12.1 Å². The highest BCUT2D eigenvalue weighted by atomic mass is 19.1. The predicted octanol–water partition coefficient (Wildman–Crippen LogP) is 6.45. The Labute approximate surface area is 310 Å². The number of hydrogen-bond donors (Lipinski definition) is 2. The fourth-order valence-corrected chi connectivity index (χ4v) is 11.9. The zero-order valence-corrected chi connectivity index (χ0v) is 31.2. The van der Waals surface area contributed by atoms with Crippen LogP contribution in [0.1, 0.15) is 113 Å². The number of hydrogen-bond acceptors (Lipinski definition) is 6. The lowest BCUT2D eigenvalue weighted by molar-refractivity contribution is -0.158. The molecular formula is C43H53FN4O5. The lowest BCUT2D eigenvalue weighted by Gasteiger charge is -2.61. The van der Waals surface area contributed by atoms with Crippen molar-refractivity contribution in [1.82, 2.24) is 20.0 Å². The third-order valence-electron chi connectivity index (χ3n) is 15.1. The first-order chi connectivity index (χ1) is 25.4. The van der Waals surface area contributed by atoms with Crippen molar-refractivity contribution in [2.45, 2.75) is 103 Å². The van der Waals surface area contributed by atoms with E-state index in [2.05, 4.69) is 24.0 Å². The molecule has 0 bridgehead atoms. The fraction of sp³-hybridized carbons (Fsp3) is 0.605. The van der Waals surface area contributed by atoms with Gasteiger partial charge in [-0.05, 0) is 116 Å². The minimum absolute atomic E-state index is 0.0161. The van der Waals surface area contributed by atoms with Crippen LogP contribution in [0.3, 0.4) is 0 Å². The van der Waals surface area contributed by atoms with Crippen molar-refractivity contribution in [2.75, 3.05) is 26.2 Å². The SMILES string of the molecule is C[C@@]12CCC(=O)C[C@H]1CC[C@H]1[C@H]2CC[C@]2(C)[C@@H]1CC[C@]2(O)CCCC(=O)N1CCN(C(=O)c2cc(Cc3n[nH]c(=O)c4ccccc34)ccc2F)CC1. The molecule has 4 aliphatic carbocycles. The minimum atomic E-state index is -0.770. The predicted molar refractivity (Wildman–Crippen MR) is 200 cm³/mol. The number of nitrogens with one attached hydrogen (secondary N) is 1. The van der Waals surface area contributed by atoms with E-state index in [1.165, 1.54) is 12.5 Å². The highest BCUT2D eigenvalue weighted by Crippen LogP contribution is 2.68. The molecule has 0 spiro atoms. The van der Waals surface area contributed by atoms with E-state index >= 15 is 4.39 Å². The Morgan fingerprint density at radius 3 is 2.45 bits per heavy atom. The first-order valence-electron chi connectivity index (χ1n) is 20.0. The second-order valence-electron chi connectivity index (χ2n) is 17.5. The van der Waals surface area contributed by atoms with Gasteiger partial charge in [0.1, 0.15) is 11.6 Å². The van der Waals surface area contributed by atoms with Crippen molar-refractivity contribution in [3.63, 3.8) is 0 Å². The summed E-state index contributed by atoms with van der Waals surface area (Å²) in [5.74, 6) is 1.74. The summed E-state index contributed by atoms with van der Waals surface area (Å²) in [6.45, 7) is 6.19. The second kappa shape index (κ2) is 13.7. The van der Waals surface area contributed by atoms with Crippen LogP contribution < -0.4 is 5.56 Å². The number of amides is 2. The van der Waals surface area contributed by atoms with Gasteiger partial charge in [-0.2, -0.15) is 5.10 Å². The van der Waals surface area contributed by atoms with E-state index in [0.29, 0.717) is 103 Å². The Hall–Kier alpha value is -3.92. The van der Waals surface area contributed by atoms with Crippen molar-refractivity contribution < 1.29 is 23.9 Å². The van der Waals surface area contributed by atoms with Crippen LogP contribution in [-0.2, 0) is 16.0 Å². The molecule has 4 saturated carbocycles. The van der Waals surface area contributed by atoms with Gasteiger partial charge in [0, 0.05) is 57.2 Å². The molecule has 0 unspecified atom stereocenters. The summed E-state index contributed by atoms with van der Waals surface area (Å²) in [7, 11) is 0. The molecule has 3 aromatic rings. The molecule has 2 heterocycles. The smallest absolute Gasteiger partial charge is 0.272 e. The van der Waals surface area contributed by atoms with E-state index in [9.17, 15) is 24.3 Å². The van der Waals surface area contributed by atoms with Gasteiger partial charge in [-0.1, -0.05) is 38.1 Å². The van der Waals surface area contributed by atoms with Crippen LogP contribution in [0.4, 0.5) is 4.39 Å². The van der Waals surface area contributed by atoms with Crippen LogP contribution in [0.15, 0.2) is 47.3 Å². The number of H-pyrrole nitrogens is 1. The first-order valence-corrected chi connectivity index (χ1v) is 20.0. The molecule has 2 aromatic carbocycles. The molecule has 2 N–H and O–H groups in total. The van der Waals surface area contributed by atoms with Gasteiger partial charge in [0.05, 0.1) is 22.2 Å². The molecule has 10 heteroatoms. The summed E-state index contributed by atoms with van der Waals surface area (Å²) < 4.78 is 15.0. The van der Waals surface area contributed by atoms with E-state index in [1.54, 1.807) is 34.1 Å². The van der Waals surface area contributed by atoms with Crippen LogP contribution in [0.25, 0.3) is 10.8 Å². The number of carbonyl (C=O) groups excluding carboxylic acids is 3. The molecule has 0 radical (unpaired) electrons. The number of benzene rings is 2. The minimum Gasteiger partial charge on any atom is -0.389 e. The number of aromatic nitrogens is 2. The van der Waals surface area contributed by atoms with Crippen LogP contribution in [-0.4, -0.2) is 74.5 Å². The maximum absolute atomic E-state index is 15.0. The molecule has 1 aromatic heterocycles. The van der Waals surface area contributed by atoms with Crippen molar-refractivity contribution >= 4 is 28.4 Å². The average Bonchev–Trinajstić information content (AvgIpc) is 3.43. The van der Waals surface area contributed by atoms with Crippen molar-refractivity contribution in [2.24, 2.45) is 34.5 Å². The molecule has 9 nitrogen and oxygen atoms in total. The quantitative estimate of drug-likeness (QED) is 0.289. The van der Waals surface area contributed by atoms with Gasteiger partial charge in [-0.25, -0.2) is 9.49 Å². The van der Waals surface area contributed by atoms with Gasteiger partial charge in [-0.3, -0.25) is 19.2 Å². The number of rotatable bonds is 7. The van der Waals surface area contributed by atoms with Gasteiger partial charge < -0.3 is 14.9 Å². The van der Waals surface area contributed by atoms with Crippen LogP contribution in [0, 0.1) is 40.3 Å². The first kappa shape index (κ1) is 36.1. The monoisotopic (exact) mass is 724 g/mol.